The molecule has 0 unspecified atom stereocenters. The second kappa shape index (κ2) is 8.19. The highest BCUT2D eigenvalue weighted by atomic mass is 19.2. The number of rotatable bonds is 5. The smallest absolute Gasteiger partial charge is 0.275 e. The largest absolute Gasteiger partial charge is 0.343 e. The van der Waals surface area contributed by atoms with Crippen LogP contribution in [0.1, 0.15) is 28.2 Å². The summed E-state index contributed by atoms with van der Waals surface area (Å²) in [7, 11) is 3.19. The molecule has 1 aromatic carbocycles. The third-order valence-electron chi connectivity index (χ3n) is 4.73. The van der Waals surface area contributed by atoms with Gasteiger partial charge in [0.25, 0.3) is 5.91 Å². The van der Waals surface area contributed by atoms with Gasteiger partial charge in [-0.1, -0.05) is 5.21 Å². The summed E-state index contributed by atoms with van der Waals surface area (Å²) in [6.07, 6.45) is -0.233. The number of hydrogen-bond donors (Lipinski definition) is 1. The quantitative estimate of drug-likeness (QED) is 0.732. The fourth-order valence-corrected chi connectivity index (χ4v) is 3.16. The molecule has 2 amide bonds. The number of fused-ring (bicyclic) bond motifs is 1. The zero-order valence-electron chi connectivity index (χ0n) is 16.0. The van der Waals surface area contributed by atoms with E-state index in [-0.39, 0.29) is 42.5 Å². The minimum atomic E-state index is -1.28. The van der Waals surface area contributed by atoms with E-state index in [2.05, 4.69) is 10.3 Å². The summed E-state index contributed by atoms with van der Waals surface area (Å²) in [6, 6.07) is 0.426. The molecule has 8 nitrogen and oxygen atoms in total. The van der Waals surface area contributed by atoms with Gasteiger partial charge in [0.05, 0.1) is 18.8 Å². The number of amides is 2. The number of carbonyl (C=O) groups excluding carboxylic acids is 2. The lowest BCUT2D eigenvalue weighted by molar-refractivity contribution is -0.133. The number of carbonyl (C=O) groups is 2. The number of halogens is 3. The predicted molar refractivity (Wildman–Crippen MR) is 96.1 cm³/mol. The SMILES string of the molecule is CN(C)C(=O)c1nnn2c1CN(C(=O)C[C@H](N)Cc1cc(F)c(F)cc1F)CC2. The first kappa shape index (κ1) is 20.8. The molecule has 3 rings (SSSR count). The summed E-state index contributed by atoms with van der Waals surface area (Å²) >= 11 is 0. The Morgan fingerprint density at radius 1 is 1.17 bits per heavy atom. The van der Waals surface area contributed by atoms with Crippen LogP contribution < -0.4 is 5.73 Å². The molecule has 2 aromatic rings. The maximum Gasteiger partial charge on any atom is 0.275 e. The van der Waals surface area contributed by atoms with Crippen LogP contribution in [-0.4, -0.2) is 63.3 Å². The third-order valence-corrected chi connectivity index (χ3v) is 4.73. The molecule has 0 aliphatic carbocycles. The summed E-state index contributed by atoms with van der Waals surface area (Å²) in [5.74, 6) is -3.97. The van der Waals surface area contributed by atoms with E-state index in [4.69, 9.17) is 5.73 Å². The van der Waals surface area contributed by atoms with E-state index in [1.165, 1.54) is 9.80 Å². The summed E-state index contributed by atoms with van der Waals surface area (Å²) in [5.41, 5.74) is 6.56. The predicted octanol–water partition coefficient (Wildman–Crippen LogP) is 0.699. The lowest BCUT2D eigenvalue weighted by Gasteiger charge is -2.28. The molecule has 1 aliphatic heterocycles. The molecular formula is C18H21F3N6O2. The highest BCUT2D eigenvalue weighted by Gasteiger charge is 2.29. The van der Waals surface area contributed by atoms with E-state index in [0.717, 1.165) is 6.07 Å². The third kappa shape index (κ3) is 4.39. The molecule has 0 radical (unpaired) electrons. The molecule has 0 bridgehead atoms. The summed E-state index contributed by atoms with van der Waals surface area (Å²) in [5, 5.41) is 7.85. The first-order valence-corrected chi connectivity index (χ1v) is 8.98. The Hall–Kier alpha value is -2.95. The van der Waals surface area contributed by atoms with Crippen LogP contribution in [0.2, 0.25) is 0 Å². The lowest BCUT2D eigenvalue weighted by Crippen LogP contribution is -2.42. The Balaban J connectivity index is 1.66. The second-order valence-corrected chi connectivity index (χ2v) is 7.15. The van der Waals surface area contributed by atoms with Gasteiger partial charge in [0, 0.05) is 39.2 Å². The minimum absolute atomic E-state index is 0.0935. The van der Waals surface area contributed by atoms with Crippen LogP contribution in [0.4, 0.5) is 13.2 Å². The molecule has 29 heavy (non-hydrogen) atoms. The Labute approximate surface area is 165 Å². The summed E-state index contributed by atoms with van der Waals surface area (Å²) in [6.45, 7) is 0.881. The standard InChI is InChI=1S/C18H21F3N6O2/c1-25(2)18(29)17-15-9-26(3-4-27(15)24-23-17)16(28)7-11(22)5-10-6-13(20)14(21)8-12(10)19/h6,8,11H,3-5,7,9,22H2,1-2H3/t11-/m1/s1. The zero-order valence-corrected chi connectivity index (χ0v) is 16.0. The topological polar surface area (TPSA) is 97.4 Å². The van der Waals surface area contributed by atoms with Crippen LogP contribution in [0.15, 0.2) is 12.1 Å². The molecule has 0 saturated heterocycles. The van der Waals surface area contributed by atoms with Gasteiger partial charge in [-0.2, -0.15) is 0 Å². The lowest BCUT2D eigenvalue weighted by atomic mass is 10.0. The first-order chi connectivity index (χ1) is 13.7. The fourth-order valence-electron chi connectivity index (χ4n) is 3.16. The average molecular weight is 410 g/mol. The van der Waals surface area contributed by atoms with Gasteiger partial charge < -0.3 is 15.5 Å². The normalized spacial score (nSPS) is 14.5. The van der Waals surface area contributed by atoms with E-state index < -0.39 is 23.5 Å². The van der Waals surface area contributed by atoms with Crippen molar-refractivity contribution >= 4 is 11.8 Å². The van der Waals surface area contributed by atoms with Crippen LogP contribution >= 0.6 is 0 Å². The number of hydrogen-bond acceptors (Lipinski definition) is 5. The Morgan fingerprint density at radius 2 is 1.86 bits per heavy atom. The Kier molecular flexibility index (Phi) is 5.87. The molecule has 2 N–H and O–H groups in total. The van der Waals surface area contributed by atoms with Gasteiger partial charge >= 0.3 is 0 Å². The van der Waals surface area contributed by atoms with E-state index in [1.807, 2.05) is 0 Å². The van der Waals surface area contributed by atoms with Gasteiger partial charge in [0.15, 0.2) is 17.3 Å². The van der Waals surface area contributed by atoms with Gasteiger partial charge in [0.1, 0.15) is 5.82 Å². The van der Waals surface area contributed by atoms with E-state index in [0.29, 0.717) is 24.8 Å². The second-order valence-electron chi connectivity index (χ2n) is 7.15. The van der Waals surface area contributed by atoms with Gasteiger partial charge in [-0.05, 0) is 18.1 Å². The summed E-state index contributed by atoms with van der Waals surface area (Å²) < 4.78 is 41.7. The maximum atomic E-state index is 13.8. The Morgan fingerprint density at radius 3 is 2.55 bits per heavy atom. The van der Waals surface area contributed by atoms with E-state index in [9.17, 15) is 22.8 Å². The number of aromatic nitrogens is 3. The van der Waals surface area contributed by atoms with Gasteiger partial charge in [-0.15, -0.1) is 5.10 Å². The molecule has 156 valence electrons. The van der Waals surface area contributed by atoms with Crippen molar-refractivity contribution in [3.8, 4) is 0 Å². The van der Waals surface area contributed by atoms with Crippen molar-refractivity contribution < 1.29 is 22.8 Å². The van der Waals surface area contributed by atoms with Gasteiger partial charge in [0.2, 0.25) is 5.91 Å². The molecule has 1 aromatic heterocycles. The van der Waals surface area contributed by atoms with Crippen molar-refractivity contribution in [2.75, 3.05) is 20.6 Å². The van der Waals surface area contributed by atoms with Crippen LogP contribution in [0.3, 0.4) is 0 Å². The van der Waals surface area contributed by atoms with Crippen LogP contribution in [0.5, 0.6) is 0 Å². The number of nitrogens with two attached hydrogens (primary N) is 1. The fraction of sp³-hybridized carbons (Fsp3) is 0.444. The average Bonchev–Trinajstić information content (AvgIpc) is 3.08. The van der Waals surface area contributed by atoms with Crippen molar-refractivity contribution in [2.24, 2.45) is 5.73 Å². The van der Waals surface area contributed by atoms with Gasteiger partial charge in [-0.25, -0.2) is 17.9 Å². The van der Waals surface area contributed by atoms with Crippen molar-refractivity contribution in [1.29, 1.82) is 0 Å². The number of benzene rings is 1. The maximum absolute atomic E-state index is 13.8. The van der Waals surface area contributed by atoms with Crippen molar-refractivity contribution in [2.45, 2.75) is 32.0 Å². The van der Waals surface area contributed by atoms with E-state index >= 15 is 0 Å². The molecule has 0 spiro atoms. The molecular weight excluding hydrogens is 389 g/mol. The molecule has 1 aliphatic rings. The molecule has 0 fully saturated rings. The monoisotopic (exact) mass is 410 g/mol. The van der Waals surface area contributed by atoms with E-state index in [1.54, 1.807) is 18.8 Å². The Bertz CT molecular complexity index is 946. The zero-order chi connectivity index (χ0) is 21.3. The minimum Gasteiger partial charge on any atom is -0.343 e. The summed E-state index contributed by atoms with van der Waals surface area (Å²) in [4.78, 5) is 27.7. The molecule has 2 heterocycles. The molecule has 0 saturated carbocycles. The van der Waals surface area contributed by atoms with Crippen molar-refractivity contribution in [3.05, 3.63) is 46.5 Å². The van der Waals surface area contributed by atoms with Crippen LogP contribution in [-0.2, 0) is 24.3 Å². The van der Waals surface area contributed by atoms with Crippen LogP contribution in [0, 0.1) is 17.5 Å². The highest BCUT2D eigenvalue weighted by Crippen LogP contribution is 2.19. The first-order valence-electron chi connectivity index (χ1n) is 8.98. The molecule has 11 heteroatoms. The van der Waals surface area contributed by atoms with Crippen molar-refractivity contribution in [1.82, 2.24) is 24.8 Å². The highest BCUT2D eigenvalue weighted by molar-refractivity contribution is 5.93. The number of nitrogens with zero attached hydrogens (tertiary/aromatic N) is 5. The van der Waals surface area contributed by atoms with Crippen molar-refractivity contribution in [3.63, 3.8) is 0 Å². The van der Waals surface area contributed by atoms with Gasteiger partial charge in [-0.3, -0.25) is 9.59 Å². The van der Waals surface area contributed by atoms with Crippen LogP contribution in [0.25, 0.3) is 0 Å². The molecule has 1 atom stereocenters.